The molecule has 27 heavy (non-hydrogen) atoms. The Labute approximate surface area is 182 Å². The Kier molecular flexibility index (Phi) is 6.15. The van der Waals surface area contributed by atoms with Crippen molar-refractivity contribution in [2.24, 2.45) is 0 Å². The molecule has 148 valence electrons. The minimum absolute atomic E-state index is 0.137. The Morgan fingerprint density at radius 2 is 2.04 bits per heavy atom. The first kappa shape index (κ1) is 21.0. The maximum Gasteiger partial charge on any atom is 0.410 e. The standard InChI is InChI=1S/C18H21Cl2IN2O4/c1-18(2,3)27-17(25)22-4-5-23-10(7-22)8-26-9-12-11(16(23)24)6-13(19)15(21)14(12)20/h6,10H,4-5,7-9H2,1-3H3. The van der Waals surface area contributed by atoms with Gasteiger partial charge in [0.1, 0.15) is 5.60 Å². The molecule has 0 spiro atoms. The maximum atomic E-state index is 13.2. The first-order valence-corrected chi connectivity index (χ1v) is 10.4. The van der Waals surface area contributed by atoms with Gasteiger partial charge in [-0.05, 0) is 49.4 Å². The average molecular weight is 527 g/mol. The molecule has 2 aliphatic heterocycles. The molecule has 0 N–H and O–H groups in total. The van der Waals surface area contributed by atoms with E-state index in [-0.39, 0.29) is 24.6 Å². The van der Waals surface area contributed by atoms with Gasteiger partial charge >= 0.3 is 6.09 Å². The number of rotatable bonds is 0. The maximum absolute atomic E-state index is 13.2. The van der Waals surface area contributed by atoms with Crippen molar-refractivity contribution in [1.82, 2.24) is 9.80 Å². The monoisotopic (exact) mass is 526 g/mol. The van der Waals surface area contributed by atoms with Crippen molar-refractivity contribution in [3.05, 3.63) is 30.8 Å². The number of halogens is 3. The predicted octanol–water partition coefficient (Wildman–Crippen LogP) is 4.19. The van der Waals surface area contributed by atoms with E-state index in [1.165, 1.54) is 0 Å². The molecule has 2 amide bonds. The number of hydrogen-bond acceptors (Lipinski definition) is 4. The molecular formula is C18H21Cl2IN2O4. The fourth-order valence-electron chi connectivity index (χ4n) is 3.17. The van der Waals surface area contributed by atoms with E-state index in [0.717, 1.165) is 0 Å². The fraction of sp³-hybridized carbons (Fsp3) is 0.556. The Morgan fingerprint density at radius 3 is 2.70 bits per heavy atom. The SMILES string of the molecule is CC(C)(C)OC(=O)N1CCN2C(=O)c3cc(Cl)c(I)c(Cl)c3COCC2C1. The van der Waals surface area contributed by atoms with E-state index in [1.807, 2.05) is 20.8 Å². The molecule has 2 aliphatic rings. The van der Waals surface area contributed by atoms with Gasteiger partial charge < -0.3 is 19.3 Å². The summed E-state index contributed by atoms with van der Waals surface area (Å²) in [6.45, 7) is 7.19. The van der Waals surface area contributed by atoms with Crippen molar-refractivity contribution in [3.63, 3.8) is 0 Å². The zero-order valence-electron chi connectivity index (χ0n) is 15.4. The van der Waals surface area contributed by atoms with E-state index in [1.54, 1.807) is 15.9 Å². The summed E-state index contributed by atoms with van der Waals surface area (Å²) < 4.78 is 12.0. The second-order valence-electron chi connectivity index (χ2n) is 7.61. The van der Waals surface area contributed by atoms with Crippen molar-refractivity contribution in [2.75, 3.05) is 26.2 Å². The molecule has 9 heteroatoms. The number of amides is 2. The third-order valence-electron chi connectivity index (χ3n) is 4.45. The Morgan fingerprint density at radius 1 is 1.33 bits per heavy atom. The van der Waals surface area contributed by atoms with Crippen LogP contribution in [0.4, 0.5) is 4.79 Å². The van der Waals surface area contributed by atoms with Crippen LogP contribution in [0.5, 0.6) is 0 Å². The summed E-state index contributed by atoms with van der Waals surface area (Å²) in [5, 5.41) is 0.898. The summed E-state index contributed by atoms with van der Waals surface area (Å²) in [6.07, 6.45) is -0.377. The first-order valence-electron chi connectivity index (χ1n) is 8.61. The van der Waals surface area contributed by atoms with Gasteiger partial charge in [0.2, 0.25) is 0 Å². The lowest BCUT2D eigenvalue weighted by Gasteiger charge is -2.42. The molecular weight excluding hydrogens is 506 g/mol. The molecule has 2 heterocycles. The number of benzene rings is 1. The number of carbonyl (C=O) groups is 2. The Bertz CT molecular complexity index is 782. The molecule has 0 aliphatic carbocycles. The summed E-state index contributed by atoms with van der Waals surface area (Å²) in [5.74, 6) is -0.137. The van der Waals surface area contributed by atoms with Crippen LogP contribution in [0.25, 0.3) is 0 Å². The highest BCUT2D eigenvalue weighted by Gasteiger charge is 2.37. The molecule has 3 rings (SSSR count). The van der Waals surface area contributed by atoms with Crippen LogP contribution in [0.1, 0.15) is 36.7 Å². The number of ether oxygens (including phenoxy) is 2. The van der Waals surface area contributed by atoms with Crippen LogP contribution in [0.15, 0.2) is 6.07 Å². The van der Waals surface area contributed by atoms with Crippen LogP contribution >= 0.6 is 45.8 Å². The van der Waals surface area contributed by atoms with E-state index < -0.39 is 5.60 Å². The first-order chi connectivity index (χ1) is 12.6. The van der Waals surface area contributed by atoms with Gasteiger partial charge in [-0.1, -0.05) is 23.2 Å². The van der Waals surface area contributed by atoms with Crippen molar-refractivity contribution >= 4 is 57.8 Å². The summed E-state index contributed by atoms with van der Waals surface area (Å²) >= 11 is 14.7. The van der Waals surface area contributed by atoms with Gasteiger partial charge in [0.15, 0.2) is 0 Å². The predicted molar refractivity (Wildman–Crippen MR) is 111 cm³/mol. The summed E-state index contributed by atoms with van der Waals surface area (Å²) in [7, 11) is 0. The highest BCUT2D eigenvalue weighted by Crippen LogP contribution is 2.35. The third-order valence-corrected chi connectivity index (χ3v) is 6.92. The molecule has 0 aromatic heterocycles. The van der Waals surface area contributed by atoms with Crippen LogP contribution in [-0.2, 0) is 16.1 Å². The lowest BCUT2D eigenvalue weighted by atomic mass is 10.0. The second-order valence-corrected chi connectivity index (χ2v) is 9.47. The number of fused-ring (bicyclic) bond motifs is 2. The summed E-state index contributed by atoms with van der Waals surface area (Å²) in [6, 6.07) is 1.41. The zero-order chi connectivity index (χ0) is 19.9. The average Bonchev–Trinajstić information content (AvgIpc) is 2.58. The molecule has 1 aromatic carbocycles. The lowest BCUT2D eigenvalue weighted by molar-refractivity contribution is -0.0158. The fourth-order valence-corrected chi connectivity index (χ4v) is 4.17. The third kappa shape index (κ3) is 4.46. The van der Waals surface area contributed by atoms with Gasteiger partial charge in [-0.3, -0.25) is 4.79 Å². The molecule has 0 saturated carbocycles. The Hall–Kier alpha value is -0.770. The van der Waals surface area contributed by atoms with Crippen LogP contribution in [0.3, 0.4) is 0 Å². The Balaban J connectivity index is 1.83. The van der Waals surface area contributed by atoms with Crippen molar-refractivity contribution in [3.8, 4) is 0 Å². The molecule has 0 radical (unpaired) electrons. The molecule has 1 unspecified atom stereocenters. The van der Waals surface area contributed by atoms with E-state index in [9.17, 15) is 9.59 Å². The highest BCUT2D eigenvalue weighted by molar-refractivity contribution is 14.1. The minimum Gasteiger partial charge on any atom is -0.444 e. The quantitative estimate of drug-likeness (QED) is 0.376. The van der Waals surface area contributed by atoms with Crippen molar-refractivity contribution < 1.29 is 19.1 Å². The largest absolute Gasteiger partial charge is 0.444 e. The zero-order valence-corrected chi connectivity index (χ0v) is 19.0. The summed E-state index contributed by atoms with van der Waals surface area (Å²) in [4.78, 5) is 28.9. The van der Waals surface area contributed by atoms with Gasteiger partial charge in [0.25, 0.3) is 5.91 Å². The van der Waals surface area contributed by atoms with Crippen LogP contribution < -0.4 is 0 Å². The molecule has 6 nitrogen and oxygen atoms in total. The van der Waals surface area contributed by atoms with E-state index in [0.29, 0.717) is 51.0 Å². The van der Waals surface area contributed by atoms with Gasteiger partial charge in [0.05, 0.1) is 32.9 Å². The van der Waals surface area contributed by atoms with E-state index in [2.05, 4.69) is 22.6 Å². The molecule has 0 bridgehead atoms. The van der Waals surface area contributed by atoms with Gasteiger partial charge in [-0.25, -0.2) is 4.79 Å². The number of piperazine rings is 1. The van der Waals surface area contributed by atoms with Crippen molar-refractivity contribution in [2.45, 2.75) is 39.0 Å². The van der Waals surface area contributed by atoms with Crippen LogP contribution in [0, 0.1) is 3.57 Å². The van der Waals surface area contributed by atoms with Crippen LogP contribution in [-0.4, -0.2) is 59.7 Å². The minimum atomic E-state index is -0.564. The molecule has 1 atom stereocenters. The number of nitrogens with zero attached hydrogens (tertiary/aromatic N) is 2. The van der Waals surface area contributed by atoms with E-state index >= 15 is 0 Å². The van der Waals surface area contributed by atoms with Crippen molar-refractivity contribution in [1.29, 1.82) is 0 Å². The normalized spacial score (nSPS) is 20.5. The van der Waals surface area contributed by atoms with Gasteiger partial charge in [-0.2, -0.15) is 0 Å². The van der Waals surface area contributed by atoms with E-state index in [4.69, 9.17) is 32.7 Å². The highest BCUT2D eigenvalue weighted by atomic mass is 127. The lowest BCUT2D eigenvalue weighted by Crippen LogP contribution is -2.59. The van der Waals surface area contributed by atoms with Crippen LogP contribution in [0.2, 0.25) is 10.0 Å². The molecule has 1 fully saturated rings. The number of carbonyl (C=O) groups excluding carboxylic acids is 2. The smallest absolute Gasteiger partial charge is 0.410 e. The summed E-state index contributed by atoms with van der Waals surface area (Å²) in [5.41, 5.74) is 0.551. The second kappa shape index (κ2) is 7.93. The topological polar surface area (TPSA) is 59.1 Å². The van der Waals surface area contributed by atoms with Gasteiger partial charge in [-0.15, -0.1) is 0 Å². The number of hydrogen-bond donors (Lipinski definition) is 0. The molecule has 1 saturated heterocycles. The van der Waals surface area contributed by atoms with Gasteiger partial charge in [0, 0.05) is 30.8 Å². The molecule has 1 aromatic rings.